The lowest BCUT2D eigenvalue weighted by molar-refractivity contribution is 0.414. The Morgan fingerprint density at radius 2 is 2.04 bits per heavy atom. The minimum Gasteiger partial charge on any atom is -0.497 e. The number of aromatic nitrogens is 2. The van der Waals surface area contributed by atoms with Gasteiger partial charge in [-0.15, -0.1) is 0 Å². The zero-order valence-corrected chi connectivity index (χ0v) is 16.1. The molecular formula is C20H18ClF2N3O2. The van der Waals surface area contributed by atoms with Gasteiger partial charge >= 0.3 is 0 Å². The van der Waals surface area contributed by atoms with Crippen LogP contribution in [0.1, 0.15) is 16.7 Å². The minimum absolute atomic E-state index is 0.0295. The Kier molecular flexibility index (Phi) is 5.94. The van der Waals surface area contributed by atoms with Gasteiger partial charge in [0, 0.05) is 17.4 Å². The molecule has 3 aromatic rings. The molecule has 0 bridgehead atoms. The van der Waals surface area contributed by atoms with E-state index in [1.54, 1.807) is 29.9 Å². The van der Waals surface area contributed by atoms with Crippen LogP contribution in [0, 0.1) is 12.7 Å². The standard InChI is InChI=1S/C20H18ClF2N3O2/c1-12-7-15(28-2)4-6-18(12)24-20-25-19(27)16(21)11-26(20)10-13-3-5-17(23)14(8-13)9-22/h3-8,11H,9-10H2,1-2H3,(H,24,25,27). The summed E-state index contributed by atoms with van der Waals surface area (Å²) < 4.78 is 33.3. The highest BCUT2D eigenvalue weighted by molar-refractivity contribution is 6.30. The van der Waals surface area contributed by atoms with Gasteiger partial charge in [0.1, 0.15) is 23.3 Å². The Hall–Kier alpha value is -2.93. The number of methoxy groups -OCH3 is 1. The second-order valence-corrected chi connectivity index (χ2v) is 6.62. The molecule has 0 aliphatic heterocycles. The second-order valence-electron chi connectivity index (χ2n) is 6.21. The fourth-order valence-electron chi connectivity index (χ4n) is 2.74. The first-order valence-electron chi connectivity index (χ1n) is 8.43. The summed E-state index contributed by atoms with van der Waals surface area (Å²) in [7, 11) is 1.58. The van der Waals surface area contributed by atoms with Crippen LogP contribution < -0.4 is 15.6 Å². The van der Waals surface area contributed by atoms with Gasteiger partial charge in [-0.1, -0.05) is 17.7 Å². The first-order chi connectivity index (χ1) is 13.4. The van der Waals surface area contributed by atoms with E-state index < -0.39 is 18.1 Å². The number of hydrogen-bond donors (Lipinski definition) is 1. The average molecular weight is 406 g/mol. The van der Waals surface area contributed by atoms with E-state index >= 15 is 0 Å². The maximum absolute atomic E-state index is 13.6. The molecule has 1 heterocycles. The number of hydrogen-bond acceptors (Lipinski definition) is 4. The summed E-state index contributed by atoms with van der Waals surface area (Å²) in [5.41, 5.74) is 1.65. The van der Waals surface area contributed by atoms with Crippen molar-refractivity contribution < 1.29 is 13.5 Å². The number of alkyl halides is 1. The smallest absolute Gasteiger partial charge is 0.293 e. The van der Waals surface area contributed by atoms with Gasteiger partial charge < -0.3 is 14.6 Å². The minimum atomic E-state index is -0.904. The zero-order chi connectivity index (χ0) is 20.3. The van der Waals surface area contributed by atoms with Crippen LogP contribution >= 0.6 is 11.6 Å². The molecule has 5 nitrogen and oxygen atoms in total. The highest BCUT2D eigenvalue weighted by Gasteiger charge is 2.11. The number of rotatable bonds is 6. The van der Waals surface area contributed by atoms with E-state index in [4.69, 9.17) is 16.3 Å². The molecule has 0 atom stereocenters. The number of benzene rings is 2. The lowest BCUT2D eigenvalue weighted by atomic mass is 10.1. The number of ether oxygens (including phenoxy) is 1. The molecule has 2 aromatic carbocycles. The monoisotopic (exact) mass is 405 g/mol. The molecule has 8 heteroatoms. The first-order valence-corrected chi connectivity index (χ1v) is 8.81. The molecule has 0 aliphatic carbocycles. The van der Waals surface area contributed by atoms with Crippen LogP contribution in [0.15, 0.2) is 47.4 Å². The van der Waals surface area contributed by atoms with Crippen molar-refractivity contribution in [2.24, 2.45) is 0 Å². The maximum atomic E-state index is 13.6. The maximum Gasteiger partial charge on any atom is 0.293 e. The number of anilines is 2. The Bertz CT molecular complexity index is 1070. The summed E-state index contributed by atoms with van der Waals surface area (Å²) in [6.07, 6.45) is 1.44. The molecule has 3 rings (SSSR count). The van der Waals surface area contributed by atoms with Crippen molar-refractivity contribution >= 4 is 23.2 Å². The quantitative estimate of drug-likeness (QED) is 0.650. The zero-order valence-electron chi connectivity index (χ0n) is 15.3. The van der Waals surface area contributed by atoms with Crippen LogP contribution in [0.5, 0.6) is 5.75 Å². The summed E-state index contributed by atoms with van der Waals surface area (Å²) in [4.78, 5) is 15.9. The first kappa shape index (κ1) is 19.8. The lowest BCUT2D eigenvalue weighted by Crippen LogP contribution is -2.18. The largest absolute Gasteiger partial charge is 0.497 e. The van der Waals surface area contributed by atoms with Crippen molar-refractivity contribution in [3.05, 3.63) is 80.5 Å². The van der Waals surface area contributed by atoms with Crippen molar-refractivity contribution in [3.63, 3.8) is 0 Å². The Morgan fingerprint density at radius 1 is 1.25 bits per heavy atom. The fourth-order valence-corrected chi connectivity index (χ4v) is 2.90. The van der Waals surface area contributed by atoms with Crippen LogP contribution in [-0.2, 0) is 13.2 Å². The average Bonchev–Trinajstić information content (AvgIpc) is 2.68. The molecule has 28 heavy (non-hydrogen) atoms. The molecule has 1 N–H and O–H groups in total. The van der Waals surface area contributed by atoms with Crippen LogP contribution in [-0.4, -0.2) is 16.7 Å². The van der Waals surface area contributed by atoms with Crippen LogP contribution in [0.3, 0.4) is 0 Å². The Labute approximate surface area is 165 Å². The number of nitrogens with one attached hydrogen (secondary N) is 1. The Morgan fingerprint density at radius 3 is 2.71 bits per heavy atom. The summed E-state index contributed by atoms with van der Waals surface area (Å²) in [5, 5.41) is 3.06. The fraction of sp³-hybridized carbons (Fsp3) is 0.200. The van der Waals surface area contributed by atoms with Crippen LogP contribution in [0.25, 0.3) is 0 Å². The topological polar surface area (TPSA) is 56.1 Å². The SMILES string of the molecule is COc1ccc(Nc2nc(=O)c(Cl)cn2Cc2ccc(F)c(CF)c2)c(C)c1. The van der Waals surface area contributed by atoms with Crippen molar-refractivity contribution in [2.45, 2.75) is 20.1 Å². The third-order valence-electron chi connectivity index (χ3n) is 4.24. The molecule has 0 saturated heterocycles. The predicted octanol–water partition coefficient (Wildman–Crippen LogP) is 4.61. The van der Waals surface area contributed by atoms with E-state index in [0.717, 1.165) is 11.3 Å². The lowest BCUT2D eigenvalue weighted by Gasteiger charge is -2.16. The van der Waals surface area contributed by atoms with Crippen LogP contribution in [0.2, 0.25) is 5.02 Å². The number of nitrogens with zero attached hydrogens (tertiary/aromatic N) is 2. The van der Waals surface area contributed by atoms with E-state index in [0.29, 0.717) is 11.3 Å². The van der Waals surface area contributed by atoms with Gasteiger partial charge in [-0.3, -0.25) is 4.79 Å². The predicted molar refractivity (Wildman–Crippen MR) is 105 cm³/mol. The molecular weight excluding hydrogens is 388 g/mol. The molecule has 0 radical (unpaired) electrons. The van der Waals surface area contributed by atoms with Crippen molar-refractivity contribution in [3.8, 4) is 5.75 Å². The van der Waals surface area contributed by atoms with E-state index in [-0.39, 0.29) is 23.1 Å². The molecule has 0 aliphatic rings. The summed E-state index contributed by atoms with van der Waals surface area (Å²) >= 11 is 5.95. The van der Waals surface area contributed by atoms with Gasteiger partial charge in [-0.25, -0.2) is 8.78 Å². The summed E-state index contributed by atoms with van der Waals surface area (Å²) in [6.45, 7) is 1.20. The summed E-state index contributed by atoms with van der Waals surface area (Å²) in [5.74, 6) is 0.359. The van der Waals surface area contributed by atoms with Crippen molar-refractivity contribution in [1.29, 1.82) is 0 Å². The third-order valence-corrected chi connectivity index (χ3v) is 4.50. The van der Waals surface area contributed by atoms with E-state index in [2.05, 4.69) is 10.3 Å². The van der Waals surface area contributed by atoms with Gasteiger partial charge in [0.15, 0.2) is 0 Å². The van der Waals surface area contributed by atoms with Crippen LogP contribution in [0.4, 0.5) is 20.4 Å². The van der Waals surface area contributed by atoms with Gasteiger partial charge in [0.25, 0.3) is 5.56 Å². The molecule has 0 saturated carbocycles. The number of aryl methyl sites for hydroxylation is 1. The van der Waals surface area contributed by atoms with Gasteiger partial charge in [-0.2, -0.15) is 4.98 Å². The molecule has 0 amide bonds. The summed E-state index contributed by atoms with van der Waals surface area (Å²) in [6, 6.07) is 9.61. The third kappa shape index (κ3) is 4.31. The Balaban J connectivity index is 1.98. The van der Waals surface area contributed by atoms with E-state index in [9.17, 15) is 13.6 Å². The molecule has 146 valence electrons. The van der Waals surface area contributed by atoms with Gasteiger partial charge in [0.05, 0.1) is 13.7 Å². The van der Waals surface area contributed by atoms with Gasteiger partial charge in [0.2, 0.25) is 5.95 Å². The normalized spacial score (nSPS) is 10.8. The number of halogens is 3. The van der Waals surface area contributed by atoms with Crippen molar-refractivity contribution in [2.75, 3.05) is 12.4 Å². The highest BCUT2D eigenvalue weighted by atomic mass is 35.5. The second kappa shape index (κ2) is 8.39. The molecule has 0 fully saturated rings. The highest BCUT2D eigenvalue weighted by Crippen LogP contribution is 2.24. The van der Waals surface area contributed by atoms with Crippen molar-refractivity contribution in [1.82, 2.24) is 9.55 Å². The molecule has 0 spiro atoms. The van der Waals surface area contributed by atoms with Gasteiger partial charge in [-0.05, 0) is 48.4 Å². The van der Waals surface area contributed by atoms with E-state index in [1.807, 2.05) is 13.0 Å². The molecule has 0 unspecified atom stereocenters. The molecule has 1 aromatic heterocycles. The van der Waals surface area contributed by atoms with E-state index in [1.165, 1.54) is 18.3 Å².